The number of unbranched alkanes of at least 4 members (excludes halogenated alkanes) is 1. The number of hydrogen-bond donors (Lipinski definition) is 1. The summed E-state index contributed by atoms with van der Waals surface area (Å²) in [5, 5.41) is 6.88. The number of halogens is 3. The van der Waals surface area contributed by atoms with Crippen molar-refractivity contribution in [3.8, 4) is 17.0 Å². The predicted molar refractivity (Wildman–Crippen MR) is 81.9 cm³/mol. The largest absolute Gasteiger partial charge is 0.573 e. The van der Waals surface area contributed by atoms with Crippen LogP contribution in [0.5, 0.6) is 5.75 Å². The zero-order valence-electron chi connectivity index (χ0n) is 13.2. The highest BCUT2D eigenvalue weighted by Crippen LogP contribution is 2.29. The van der Waals surface area contributed by atoms with Gasteiger partial charge in [-0.15, -0.1) is 13.2 Å². The summed E-state index contributed by atoms with van der Waals surface area (Å²) >= 11 is 0. The van der Waals surface area contributed by atoms with Crippen LogP contribution in [0, 0.1) is 0 Å². The van der Waals surface area contributed by atoms with Gasteiger partial charge in [0, 0.05) is 17.7 Å². The average molecular weight is 327 g/mol. The number of alkyl halides is 3. The second kappa shape index (κ2) is 7.50. The number of nitrogens with zero attached hydrogens (tertiary/aromatic N) is 2. The summed E-state index contributed by atoms with van der Waals surface area (Å²) in [6.07, 6.45) is -0.789. The molecular formula is C16H20F3N3O. The molecule has 1 heterocycles. The van der Waals surface area contributed by atoms with Crippen molar-refractivity contribution in [3.63, 3.8) is 0 Å². The second-order valence-electron chi connectivity index (χ2n) is 5.44. The molecule has 1 aromatic heterocycles. The lowest BCUT2D eigenvalue weighted by molar-refractivity contribution is -0.274. The first-order chi connectivity index (χ1) is 10.9. The van der Waals surface area contributed by atoms with Gasteiger partial charge in [0.25, 0.3) is 0 Å². The molecule has 2 aromatic rings. The Bertz CT molecular complexity index is 625. The number of benzene rings is 1. The van der Waals surface area contributed by atoms with E-state index in [1.807, 2.05) is 7.05 Å². The van der Waals surface area contributed by atoms with Crippen molar-refractivity contribution in [1.29, 1.82) is 0 Å². The smallest absolute Gasteiger partial charge is 0.406 e. The molecule has 2 rings (SSSR count). The van der Waals surface area contributed by atoms with E-state index in [9.17, 15) is 13.2 Å². The van der Waals surface area contributed by atoms with E-state index < -0.39 is 6.36 Å². The van der Waals surface area contributed by atoms with Crippen LogP contribution in [0.3, 0.4) is 0 Å². The van der Waals surface area contributed by atoms with Gasteiger partial charge in [0.15, 0.2) is 0 Å². The first-order valence-electron chi connectivity index (χ1n) is 7.46. The average Bonchev–Trinajstić information content (AvgIpc) is 2.91. The molecule has 4 nitrogen and oxygen atoms in total. The molecule has 0 aliphatic carbocycles. The molecule has 1 N–H and O–H groups in total. The predicted octanol–water partition coefficient (Wildman–Crippen LogP) is 4.21. The third kappa shape index (κ3) is 5.28. The highest BCUT2D eigenvalue weighted by Gasteiger charge is 2.31. The van der Waals surface area contributed by atoms with Crippen LogP contribution in [-0.4, -0.2) is 35.1 Å². The van der Waals surface area contributed by atoms with Crippen molar-refractivity contribution >= 4 is 0 Å². The number of H-pyrrole nitrogens is 1. The highest BCUT2D eigenvalue weighted by molar-refractivity contribution is 5.64. The Morgan fingerprint density at radius 1 is 1.30 bits per heavy atom. The fraction of sp³-hybridized carbons (Fsp3) is 0.438. The Morgan fingerprint density at radius 2 is 2.09 bits per heavy atom. The van der Waals surface area contributed by atoms with E-state index in [-0.39, 0.29) is 5.75 Å². The maximum Gasteiger partial charge on any atom is 0.573 e. The standard InChI is InChI=1S/C16H20F3N3O/c1-3-4-8-22(2)11-13-10-20-21-15(13)12-6-5-7-14(9-12)23-16(17,18)19/h5-7,9-10H,3-4,8,11H2,1-2H3,(H,20,21). The van der Waals surface area contributed by atoms with Gasteiger partial charge in [-0.05, 0) is 32.1 Å². The lowest BCUT2D eigenvalue weighted by Gasteiger charge is -2.16. The van der Waals surface area contributed by atoms with Crippen molar-refractivity contribution in [2.75, 3.05) is 13.6 Å². The summed E-state index contributed by atoms with van der Waals surface area (Å²) in [6.45, 7) is 3.76. The number of aromatic nitrogens is 2. The van der Waals surface area contributed by atoms with Gasteiger partial charge in [-0.2, -0.15) is 5.10 Å². The number of nitrogens with one attached hydrogen (secondary N) is 1. The number of rotatable bonds is 7. The third-order valence-corrected chi connectivity index (χ3v) is 3.41. The molecule has 0 amide bonds. The van der Waals surface area contributed by atoms with Crippen LogP contribution in [0.4, 0.5) is 13.2 Å². The van der Waals surface area contributed by atoms with Crippen LogP contribution in [-0.2, 0) is 6.54 Å². The molecule has 126 valence electrons. The number of ether oxygens (including phenoxy) is 1. The summed E-state index contributed by atoms with van der Waals surface area (Å²) in [6, 6.07) is 5.89. The van der Waals surface area contributed by atoms with Crippen molar-refractivity contribution < 1.29 is 17.9 Å². The Labute approximate surface area is 133 Å². The van der Waals surface area contributed by atoms with Gasteiger partial charge in [-0.25, -0.2) is 0 Å². The van der Waals surface area contributed by atoms with Crippen LogP contribution < -0.4 is 4.74 Å². The molecule has 1 aromatic carbocycles. The maximum absolute atomic E-state index is 12.3. The highest BCUT2D eigenvalue weighted by atomic mass is 19.4. The zero-order chi connectivity index (χ0) is 16.9. The molecule has 0 fully saturated rings. The summed E-state index contributed by atoms with van der Waals surface area (Å²) in [5.74, 6) is -0.241. The summed E-state index contributed by atoms with van der Waals surface area (Å²) in [4.78, 5) is 2.16. The van der Waals surface area contributed by atoms with E-state index in [4.69, 9.17) is 0 Å². The lowest BCUT2D eigenvalue weighted by atomic mass is 10.1. The van der Waals surface area contributed by atoms with Crippen LogP contribution in [0.15, 0.2) is 30.5 Å². The Kier molecular flexibility index (Phi) is 5.65. The van der Waals surface area contributed by atoms with Crippen molar-refractivity contribution in [2.45, 2.75) is 32.7 Å². The normalized spacial score (nSPS) is 11.9. The minimum atomic E-state index is -4.70. The fourth-order valence-corrected chi connectivity index (χ4v) is 2.33. The molecule has 0 aliphatic heterocycles. The first-order valence-corrected chi connectivity index (χ1v) is 7.46. The third-order valence-electron chi connectivity index (χ3n) is 3.41. The zero-order valence-corrected chi connectivity index (χ0v) is 13.2. The summed E-state index contributed by atoms with van der Waals surface area (Å²) in [5.41, 5.74) is 2.26. The molecule has 0 atom stereocenters. The van der Waals surface area contributed by atoms with Crippen LogP contribution >= 0.6 is 0 Å². The Morgan fingerprint density at radius 3 is 2.78 bits per heavy atom. The van der Waals surface area contributed by atoms with E-state index in [1.165, 1.54) is 18.2 Å². The monoisotopic (exact) mass is 327 g/mol. The van der Waals surface area contributed by atoms with Gasteiger partial charge >= 0.3 is 6.36 Å². The maximum atomic E-state index is 12.3. The molecule has 0 bridgehead atoms. The lowest BCUT2D eigenvalue weighted by Crippen LogP contribution is -2.19. The molecule has 0 unspecified atom stereocenters. The number of hydrogen-bond acceptors (Lipinski definition) is 3. The van der Waals surface area contributed by atoms with Crippen molar-refractivity contribution in [2.24, 2.45) is 0 Å². The molecule has 0 saturated heterocycles. The molecule has 7 heteroatoms. The minimum absolute atomic E-state index is 0.241. The molecule has 0 aliphatic rings. The van der Waals surface area contributed by atoms with Gasteiger partial charge < -0.3 is 9.64 Å². The summed E-state index contributed by atoms with van der Waals surface area (Å²) < 4.78 is 41.0. The van der Waals surface area contributed by atoms with Gasteiger partial charge in [-0.1, -0.05) is 25.5 Å². The first kappa shape index (κ1) is 17.3. The van der Waals surface area contributed by atoms with Crippen LogP contribution in [0.2, 0.25) is 0 Å². The quantitative estimate of drug-likeness (QED) is 0.828. The van der Waals surface area contributed by atoms with Gasteiger partial charge in [0.05, 0.1) is 11.9 Å². The van der Waals surface area contributed by atoms with Gasteiger partial charge in [0.1, 0.15) is 5.75 Å². The van der Waals surface area contributed by atoms with E-state index in [1.54, 1.807) is 12.3 Å². The Balaban J connectivity index is 2.16. The van der Waals surface area contributed by atoms with Gasteiger partial charge in [-0.3, -0.25) is 5.10 Å². The molecule has 0 radical (unpaired) electrons. The summed E-state index contributed by atoms with van der Waals surface area (Å²) in [7, 11) is 2.01. The van der Waals surface area contributed by atoms with E-state index >= 15 is 0 Å². The Hall–Kier alpha value is -2.02. The van der Waals surface area contributed by atoms with Crippen molar-refractivity contribution in [1.82, 2.24) is 15.1 Å². The second-order valence-corrected chi connectivity index (χ2v) is 5.44. The van der Waals surface area contributed by atoms with E-state index in [0.29, 0.717) is 17.8 Å². The SMILES string of the molecule is CCCCN(C)Cc1cn[nH]c1-c1cccc(OC(F)(F)F)c1. The van der Waals surface area contributed by atoms with E-state index in [0.717, 1.165) is 24.9 Å². The topological polar surface area (TPSA) is 41.2 Å². The molecule has 0 spiro atoms. The molecule has 23 heavy (non-hydrogen) atoms. The van der Waals surface area contributed by atoms with Gasteiger partial charge in [0.2, 0.25) is 0 Å². The fourth-order valence-electron chi connectivity index (χ4n) is 2.33. The van der Waals surface area contributed by atoms with Crippen molar-refractivity contribution in [3.05, 3.63) is 36.0 Å². The molecule has 0 saturated carbocycles. The number of aromatic amines is 1. The van der Waals surface area contributed by atoms with E-state index in [2.05, 4.69) is 26.8 Å². The van der Waals surface area contributed by atoms with Crippen LogP contribution in [0.1, 0.15) is 25.3 Å². The van der Waals surface area contributed by atoms with Crippen LogP contribution in [0.25, 0.3) is 11.3 Å². The minimum Gasteiger partial charge on any atom is -0.406 e. The molecular weight excluding hydrogens is 307 g/mol.